The molecule has 2 fully saturated rings. The molecular weight excluding hydrogens is 310 g/mol. The minimum absolute atomic E-state index is 0.00593. The van der Waals surface area contributed by atoms with Crippen LogP contribution in [0.15, 0.2) is 18.3 Å². The highest BCUT2D eigenvalue weighted by molar-refractivity contribution is 5.78. The maximum absolute atomic E-state index is 12.3. The van der Waals surface area contributed by atoms with Gasteiger partial charge in [-0.3, -0.25) is 19.8 Å². The van der Waals surface area contributed by atoms with Crippen molar-refractivity contribution in [3.63, 3.8) is 0 Å². The van der Waals surface area contributed by atoms with Crippen molar-refractivity contribution in [3.8, 4) is 0 Å². The number of rotatable bonds is 4. The van der Waals surface area contributed by atoms with E-state index in [0.29, 0.717) is 6.54 Å². The Balaban J connectivity index is 1.54. The van der Waals surface area contributed by atoms with Crippen LogP contribution in [0.5, 0.6) is 0 Å². The van der Waals surface area contributed by atoms with Gasteiger partial charge < -0.3 is 9.80 Å². The first-order valence-electron chi connectivity index (χ1n) is 8.49. The molecule has 0 bridgehead atoms. The molecule has 8 nitrogen and oxygen atoms in total. The van der Waals surface area contributed by atoms with Crippen molar-refractivity contribution in [1.29, 1.82) is 0 Å². The van der Waals surface area contributed by atoms with Crippen LogP contribution < -0.4 is 4.90 Å². The van der Waals surface area contributed by atoms with E-state index in [0.717, 1.165) is 64.3 Å². The summed E-state index contributed by atoms with van der Waals surface area (Å²) in [4.78, 5) is 33.0. The fraction of sp³-hybridized carbons (Fsp3) is 0.625. The highest BCUT2D eigenvalue weighted by Gasteiger charge is 2.22. The highest BCUT2D eigenvalue weighted by atomic mass is 16.6. The summed E-state index contributed by atoms with van der Waals surface area (Å²) in [6.45, 7) is 5.59. The number of nitro groups is 1. The van der Waals surface area contributed by atoms with E-state index in [-0.39, 0.29) is 11.6 Å². The summed E-state index contributed by atoms with van der Waals surface area (Å²) in [5.74, 6) is 0.989. The summed E-state index contributed by atoms with van der Waals surface area (Å²) in [6.07, 6.45) is 4.48. The van der Waals surface area contributed by atoms with E-state index in [4.69, 9.17) is 0 Å². The highest BCUT2D eigenvalue weighted by Crippen LogP contribution is 2.17. The quantitative estimate of drug-likeness (QED) is 0.607. The molecule has 1 aromatic heterocycles. The summed E-state index contributed by atoms with van der Waals surface area (Å²) in [5.41, 5.74) is 0.00593. The van der Waals surface area contributed by atoms with E-state index in [9.17, 15) is 14.9 Å². The smallest absolute Gasteiger partial charge is 0.287 e. The van der Waals surface area contributed by atoms with E-state index in [1.807, 2.05) is 4.90 Å². The van der Waals surface area contributed by atoms with Crippen LogP contribution in [0.1, 0.15) is 19.3 Å². The number of carbonyl (C=O) groups excluding carboxylic acids is 1. The molecule has 24 heavy (non-hydrogen) atoms. The van der Waals surface area contributed by atoms with E-state index < -0.39 is 4.92 Å². The second kappa shape index (κ2) is 7.57. The standard InChI is InChI=1S/C16H23N5O3/c22-16(20-7-1-2-8-20)13-18-6-3-9-19(11-10-18)15-5-4-14(12-17-15)21(23)24/h4-5,12H,1-3,6-11,13H2. The number of carbonyl (C=O) groups is 1. The zero-order chi connectivity index (χ0) is 16.9. The Hall–Kier alpha value is -2.22. The molecule has 0 unspecified atom stereocenters. The van der Waals surface area contributed by atoms with Gasteiger partial charge in [0.1, 0.15) is 12.0 Å². The van der Waals surface area contributed by atoms with Gasteiger partial charge in [0.05, 0.1) is 11.5 Å². The number of hydrogen-bond donors (Lipinski definition) is 0. The van der Waals surface area contributed by atoms with Gasteiger partial charge in [0.25, 0.3) is 5.69 Å². The number of hydrogen-bond acceptors (Lipinski definition) is 6. The average molecular weight is 333 g/mol. The van der Waals surface area contributed by atoms with Crippen LogP contribution in [0.3, 0.4) is 0 Å². The van der Waals surface area contributed by atoms with Crippen LogP contribution in [-0.4, -0.2) is 71.4 Å². The molecule has 1 aromatic rings. The molecule has 0 spiro atoms. The summed E-state index contributed by atoms with van der Waals surface area (Å²) in [6, 6.07) is 3.19. The predicted molar refractivity (Wildman–Crippen MR) is 90.0 cm³/mol. The normalized spacial score (nSPS) is 19.3. The molecule has 2 aliphatic heterocycles. The maximum Gasteiger partial charge on any atom is 0.287 e. The largest absolute Gasteiger partial charge is 0.355 e. The number of aromatic nitrogens is 1. The van der Waals surface area contributed by atoms with Gasteiger partial charge in [0.2, 0.25) is 5.91 Å². The first kappa shape index (κ1) is 16.6. The Kier molecular flexibility index (Phi) is 5.24. The van der Waals surface area contributed by atoms with E-state index in [1.54, 1.807) is 6.07 Å². The number of anilines is 1. The number of nitrogens with zero attached hydrogens (tertiary/aromatic N) is 5. The van der Waals surface area contributed by atoms with Gasteiger partial charge in [-0.25, -0.2) is 4.98 Å². The summed E-state index contributed by atoms with van der Waals surface area (Å²) in [7, 11) is 0. The van der Waals surface area contributed by atoms with Crippen LogP contribution in [0, 0.1) is 10.1 Å². The van der Waals surface area contributed by atoms with E-state index in [2.05, 4.69) is 14.8 Å². The third-order valence-corrected chi connectivity index (χ3v) is 4.67. The molecule has 8 heteroatoms. The van der Waals surface area contributed by atoms with Gasteiger partial charge in [-0.15, -0.1) is 0 Å². The van der Waals surface area contributed by atoms with Gasteiger partial charge in [-0.2, -0.15) is 0 Å². The molecule has 0 aliphatic carbocycles. The van der Waals surface area contributed by atoms with Gasteiger partial charge in [0.15, 0.2) is 0 Å². The first-order chi connectivity index (χ1) is 11.6. The van der Waals surface area contributed by atoms with Crippen molar-refractivity contribution in [2.45, 2.75) is 19.3 Å². The second-order valence-corrected chi connectivity index (χ2v) is 6.34. The van der Waals surface area contributed by atoms with Crippen LogP contribution in [0.2, 0.25) is 0 Å². The van der Waals surface area contributed by atoms with Crippen LogP contribution >= 0.6 is 0 Å². The van der Waals surface area contributed by atoms with Crippen molar-refractivity contribution < 1.29 is 9.72 Å². The number of amides is 1. The van der Waals surface area contributed by atoms with E-state index in [1.165, 1.54) is 12.3 Å². The Labute approximate surface area is 141 Å². The Morgan fingerprint density at radius 3 is 2.54 bits per heavy atom. The minimum Gasteiger partial charge on any atom is -0.355 e. The fourth-order valence-electron chi connectivity index (χ4n) is 3.29. The van der Waals surface area contributed by atoms with Gasteiger partial charge >= 0.3 is 0 Å². The fourth-order valence-corrected chi connectivity index (χ4v) is 3.29. The molecular formula is C16H23N5O3. The lowest BCUT2D eigenvalue weighted by molar-refractivity contribution is -0.385. The Morgan fingerprint density at radius 2 is 1.88 bits per heavy atom. The third-order valence-electron chi connectivity index (χ3n) is 4.67. The third kappa shape index (κ3) is 4.00. The summed E-state index contributed by atoms with van der Waals surface area (Å²) < 4.78 is 0. The topological polar surface area (TPSA) is 82.8 Å². The molecule has 2 saturated heterocycles. The predicted octanol–water partition coefficient (Wildman–Crippen LogP) is 1.12. The van der Waals surface area contributed by atoms with Crippen LogP contribution in [-0.2, 0) is 4.79 Å². The molecule has 130 valence electrons. The Bertz CT molecular complexity index is 586. The SMILES string of the molecule is O=C(CN1CCCN(c2ccc([N+](=O)[O-])cn2)CC1)N1CCCC1. The van der Waals surface area contributed by atoms with Crippen molar-refractivity contribution in [2.24, 2.45) is 0 Å². The lowest BCUT2D eigenvalue weighted by Gasteiger charge is -2.24. The Morgan fingerprint density at radius 1 is 1.08 bits per heavy atom. The molecule has 3 rings (SSSR count). The van der Waals surface area contributed by atoms with Crippen molar-refractivity contribution in [1.82, 2.24) is 14.8 Å². The van der Waals surface area contributed by atoms with Crippen LogP contribution in [0.4, 0.5) is 11.5 Å². The zero-order valence-electron chi connectivity index (χ0n) is 13.8. The molecule has 2 aliphatic rings. The van der Waals surface area contributed by atoms with Gasteiger partial charge in [-0.05, 0) is 25.3 Å². The number of likely N-dealkylation sites (tertiary alicyclic amines) is 1. The molecule has 1 amide bonds. The molecule has 0 radical (unpaired) electrons. The summed E-state index contributed by atoms with van der Waals surface area (Å²) >= 11 is 0. The first-order valence-corrected chi connectivity index (χ1v) is 8.49. The average Bonchev–Trinajstić information content (AvgIpc) is 3.03. The molecule has 0 aromatic carbocycles. The molecule has 3 heterocycles. The number of pyridine rings is 1. The van der Waals surface area contributed by atoms with Crippen LogP contribution in [0.25, 0.3) is 0 Å². The van der Waals surface area contributed by atoms with Gasteiger partial charge in [0, 0.05) is 45.3 Å². The molecule has 0 N–H and O–H groups in total. The van der Waals surface area contributed by atoms with E-state index >= 15 is 0 Å². The van der Waals surface area contributed by atoms with Crippen molar-refractivity contribution in [3.05, 3.63) is 28.4 Å². The monoisotopic (exact) mass is 333 g/mol. The lowest BCUT2D eigenvalue weighted by Crippen LogP contribution is -2.40. The zero-order valence-corrected chi connectivity index (χ0v) is 13.8. The summed E-state index contributed by atoms with van der Waals surface area (Å²) in [5, 5.41) is 10.7. The lowest BCUT2D eigenvalue weighted by atomic mass is 10.3. The maximum atomic E-state index is 12.3. The molecule has 0 atom stereocenters. The molecule has 0 saturated carbocycles. The minimum atomic E-state index is -0.440. The second-order valence-electron chi connectivity index (χ2n) is 6.34. The van der Waals surface area contributed by atoms with Gasteiger partial charge in [-0.1, -0.05) is 0 Å². The van der Waals surface area contributed by atoms with Crippen molar-refractivity contribution >= 4 is 17.4 Å². The van der Waals surface area contributed by atoms with Crippen molar-refractivity contribution in [2.75, 3.05) is 50.7 Å².